The first-order valence-electron chi connectivity index (χ1n) is 11.9. The van der Waals surface area contributed by atoms with Crippen LogP contribution in [0.4, 0.5) is 11.4 Å². The summed E-state index contributed by atoms with van der Waals surface area (Å²) >= 11 is 0. The van der Waals surface area contributed by atoms with E-state index in [9.17, 15) is 4.79 Å². The number of carbonyl (C=O) groups is 1. The summed E-state index contributed by atoms with van der Waals surface area (Å²) in [5.41, 5.74) is 3.53. The number of nitrogens with zero attached hydrogens (tertiary/aromatic N) is 3. The first-order valence-corrected chi connectivity index (χ1v) is 11.9. The molecule has 2 aliphatic rings. The van der Waals surface area contributed by atoms with Crippen LogP contribution < -0.4 is 10.2 Å². The Kier molecular flexibility index (Phi) is 7.60. The van der Waals surface area contributed by atoms with E-state index in [2.05, 4.69) is 81.5 Å². The summed E-state index contributed by atoms with van der Waals surface area (Å²) in [5, 5.41) is 3.14. The van der Waals surface area contributed by atoms with Crippen LogP contribution in [0.2, 0.25) is 0 Å². The highest BCUT2D eigenvalue weighted by Gasteiger charge is 2.24. The molecule has 2 aromatic carbocycles. The molecule has 0 spiro atoms. The fraction of sp³-hybridized carbons (Fsp3) is 0.500. The molecule has 2 fully saturated rings. The van der Waals surface area contributed by atoms with Gasteiger partial charge in [-0.25, -0.2) is 0 Å². The molecule has 0 bridgehead atoms. The summed E-state index contributed by atoms with van der Waals surface area (Å²) < 4.78 is 0. The van der Waals surface area contributed by atoms with Gasteiger partial charge < -0.3 is 15.1 Å². The van der Waals surface area contributed by atoms with Crippen molar-refractivity contribution in [3.63, 3.8) is 0 Å². The number of likely N-dealkylation sites (tertiary alicyclic amines) is 1. The van der Waals surface area contributed by atoms with Crippen LogP contribution in [0.1, 0.15) is 31.7 Å². The van der Waals surface area contributed by atoms with Gasteiger partial charge in [0, 0.05) is 50.0 Å². The molecular formula is C26H36N4O. The number of anilines is 2. The molecule has 5 nitrogen and oxygen atoms in total. The molecule has 4 rings (SSSR count). The number of hydrogen-bond acceptors (Lipinski definition) is 4. The van der Waals surface area contributed by atoms with Crippen LogP contribution in [-0.2, 0) is 11.3 Å². The molecule has 5 heteroatoms. The third-order valence-electron chi connectivity index (χ3n) is 6.62. The van der Waals surface area contributed by atoms with Gasteiger partial charge in [-0.3, -0.25) is 9.69 Å². The van der Waals surface area contributed by atoms with Gasteiger partial charge in [-0.15, -0.1) is 0 Å². The second-order valence-electron chi connectivity index (χ2n) is 8.90. The fourth-order valence-electron chi connectivity index (χ4n) is 4.74. The van der Waals surface area contributed by atoms with Crippen molar-refractivity contribution in [3.05, 3.63) is 60.2 Å². The summed E-state index contributed by atoms with van der Waals surface area (Å²) in [7, 11) is 0. The quantitative estimate of drug-likeness (QED) is 0.733. The molecule has 2 saturated heterocycles. The number of hydrogen-bond donors (Lipinski definition) is 1. The van der Waals surface area contributed by atoms with Crippen LogP contribution in [0.3, 0.4) is 0 Å². The lowest BCUT2D eigenvalue weighted by Crippen LogP contribution is -2.45. The standard InChI is InChI=1S/C26H36N4O/c1-2-14-28-15-12-23(13-16-28)26(31)27-24-8-10-25(11-9-24)30-19-17-29(18-20-30)21-22-6-4-3-5-7-22/h3-11,23H,2,12-21H2,1H3,(H,27,31). The number of benzene rings is 2. The normalized spacial score (nSPS) is 18.8. The number of rotatable bonds is 7. The van der Waals surface area contributed by atoms with E-state index in [1.54, 1.807) is 0 Å². The van der Waals surface area contributed by atoms with Gasteiger partial charge >= 0.3 is 0 Å². The Bertz CT molecular complexity index is 807. The first kappa shape index (κ1) is 21.8. The third kappa shape index (κ3) is 6.08. The van der Waals surface area contributed by atoms with Gasteiger partial charge in [-0.1, -0.05) is 37.3 Å². The zero-order chi connectivity index (χ0) is 21.5. The van der Waals surface area contributed by atoms with E-state index in [-0.39, 0.29) is 11.8 Å². The molecule has 2 aromatic rings. The molecular weight excluding hydrogens is 384 g/mol. The summed E-state index contributed by atoms with van der Waals surface area (Å²) in [6.07, 6.45) is 3.12. The largest absolute Gasteiger partial charge is 0.369 e. The number of piperazine rings is 1. The molecule has 31 heavy (non-hydrogen) atoms. The van der Waals surface area contributed by atoms with Gasteiger partial charge in [-0.05, 0) is 68.7 Å². The Morgan fingerprint density at radius 1 is 0.871 bits per heavy atom. The van der Waals surface area contributed by atoms with Crippen LogP contribution in [0.25, 0.3) is 0 Å². The highest BCUT2D eigenvalue weighted by atomic mass is 16.1. The van der Waals surface area contributed by atoms with Crippen LogP contribution in [0.5, 0.6) is 0 Å². The fourth-order valence-corrected chi connectivity index (χ4v) is 4.74. The number of amides is 1. The molecule has 166 valence electrons. The monoisotopic (exact) mass is 420 g/mol. The smallest absolute Gasteiger partial charge is 0.227 e. The highest BCUT2D eigenvalue weighted by Crippen LogP contribution is 2.23. The molecule has 1 amide bonds. The SMILES string of the molecule is CCCN1CCC(C(=O)Nc2ccc(N3CCN(Cc4ccccc4)CC3)cc2)CC1. The Morgan fingerprint density at radius 3 is 2.19 bits per heavy atom. The average molecular weight is 421 g/mol. The highest BCUT2D eigenvalue weighted by molar-refractivity contribution is 5.92. The van der Waals surface area contributed by atoms with Gasteiger partial charge in [0.1, 0.15) is 0 Å². The number of carbonyl (C=O) groups excluding carboxylic acids is 1. The van der Waals surface area contributed by atoms with Crippen LogP contribution in [0.15, 0.2) is 54.6 Å². The lowest BCUT2D eigenvalue weighted by atomic mass is 9.95. The van der Waals surface area contributed by atoms with Crippen molar-refractivity contribution in [1.82, 2.24) is 9.80 Å². The van der Waals surface area contributed by atoms with E-state index < -0.39 is 0 Å². The van der Waals surface area contributed by atoms with E-state index in [4.69, 9.17) is 0 Å². The van der Waals surface area contributed by atoms with E-state index in [0.717, 1.165) is 70.9 Å². The molecule has 2 heterocycles. The number of piperidine rings is 1. The lowest BCUT2D eigenvalue weighted by molar-refractivity contribution is -0.121. The molecule has 0 unspecified atom stereocenters. The minimum absolute atomic E-state index is 0.144. The van der Waals surface area contributed by atoms with Gasteiger partial charge in [0.2, 0.25) is 5.91 Å². The summed E-state index contributed by atoms with van der Waals surface area (Å²) in [6, 6.07) is 19.1. The molecule has 0 aliphatic carbocycles. The van der Waals surface area contributed by atoms with Crippen LogP contribution >= 0.6 is 0 Å². The Labute approximate surface area is 187 Å². The maximum atomic E-state index is 12.7. The van der Waals surface area contributed by atoms with E-state index in [0.29, 0.717) is 0 Å². The van der Waals surface area contributed by atoms with Crippen molar-refractivity contribution in [2.75, 3.05) is 56.0 Å². The zero-order valence-electron chi connectivity index (χ0n) is 18.8. The van der Waals surface area contributed by atoms with Crippen molar-refractivity contribution in [2.45, 2.75) is 32.7 Å². The zero-order valence-corrected chi connectivity index (χ0v) is 18.8. The minimum Gasteiger partial charge on any atom is -0.369 e. The van der Waals surface area contributed by atoms with Gasteiger partial charge in [-0.2, -0.15) is 0 Å². The maximum absolute atomic E-state index is 12.7. The second-order valence-corrected chi connectivity index (χ2v) is 8.90. The average Bonchev–Trinajstić information content (AvgIpc) is 2.81. The molecule has 0 aromatic heterocycles. The number of nitrogens with one attached hydrogen (secondary N) is 1. The van der Waals surface area contributed by atoms with E-state index >= 15 is 0 Å². The van der Waals surface area contributed by atoms with Crippen molar-refractivity contribution < 1.29 is 4.79 Å². The molecule has 0 atom stereocenters. The Morgan fingerprint density at radius 2 is 1.55 bits per heavy atom. The van der Waals surface area contributed by atoms with Crippen molar-refractivity contribution in [3.8, 4) is 0 Å². The van der Waals surface area contributed by atoms with E-state index in [1.807, 2.05) is 0 Å². The van der Waals surface area contributed by atoms with E-state index in [1.165, 1.54) is 17.7 Å². The minimum atomic E-state index is 0.144. The van der Waals surface area contributed by atoms with Crippen LogP contribution in [-0.4, -0.2) is 61.5 Å². The van der Waals surface area contributed by atoms with Gasteiger partial charge in [0.05, 0.1) is 0 Å². The maximum Gasteiger partial charge on any atom is 0.227 e. The van der Waals surface area contributed by atoms with Gasteiger partial charge in [0.25, 0.3) is 0 Å². The van der Waals surface area contributed by atoms with Crippen molar-refractivity contribution >= 4 is 17.3 Å². The second kappa shape index (κ2) is 10.8. The molecule has 2 aliphatic heterocycles. The van der Waals surface area contributed by atoms with Crippen molar-refractivity contribution in [2.24, 2.45) is 5.92 Å². The first-order chi connectivity index (χ1) is 15.2. The Balaban J connectivity index is 1.23. The van der Waals surface area contributed by atoms with Crippen molar-refractivity contribution in [1.29, 1.82) is 0 Å². The molecule has 0 saturated carbocycles. The third-order valence-corrected chi connectivity index (χ3v) is 6.62. The van der Waals surface area contributed by atoms with Crippen LogP contribution in [0, 0.1) is 5.92 Å². The van der Waals surface area contributed by atoms with Gasteiger partial charge in [0.15, 0.2) is 0 Å². The molecule has 1 N–H and O–H groups in total. The lowest BCUT2D eigenvalue weighted by Gasteiger charge is -2.36. The summed E-state index contributed by atoms with van der Waals surface area (Å²) in [5.74, 6) is 0.323. The Hall–Kier alpha value is -2.37. The molecule has 0 radical (unpaired) electrons. The summed E-state index contributed by atoms with van der Waals surface area (Å²) in [6.45, 7) is 10.7. The summed E-state index contributed by atoms with van der Waals surface area (Å²) in [4.78, 5) is 20.1. The predicted octanol–water partition coefficient (Wildman–Crippen LogP) is 4.07. The topological polar surface area (TPSA) is 38.8 Å². The predicted molar refractivity (Wildman–Crippen MR) is 128 cm³/mol.